The Hall–Kier alpha value is -1.15. The number of benzene rings is 1. The van der Waals surface area contributed by atoms with Gasteiger partial charge in [0.1, 0.15) is 5.78 Å². The van der Waals surface area contributed by atoms with E-state index in [-0.39, 0.29) is 18.2 Å². The lowest BCUT2D eigenvalue weighted by molar-refractivity contribution is -0.122. The summed E-state index contributed by atoms with van der Waals surface area (Å²) in [7, 11) is 0. The topological polar surface area (TPSA) is 43.1 Å². The lowest BCUT2D eigenvalue weighted by atomic mass is 9.88. The first kappa shape index (κ1) is 20.9. The van der Waals surface area contributed by atoms with E-state index in [9.17, 15) is 4.79 Å². The van der Waals surface area contributed by atoms with E-state index < -0.39 is 0 Å². The number of Topliss-reactive ketones (excluding diaryl/α,β-unsaturated/α-hetero) is 1. The Morgan fingerprint density at radius 3 is 2.23 bits per heavy atom. The molecule has 0 amide bonds. The quantitative estimate of drug-likeness (QED) is 0.783. The van der Waals surface area contributed by atoms with Crippen molar-refractivity contribution in [3.05, 3.63) is 34.9 Å². The summed E-state index contributed by atoms with van der Waals surface area (Å²) in [6.07, 6.45) is 4.70. The summed E-state index contributed by atoms with van der Waals surface area (Å²) in [5.74, 6) is 0.821. The van der Waals surface area contributed by atoms with Crippen LogP contribution in [0, 0.1) is 25.7 Å². The zero-order valence-electron chi connectivity index (χ0n) is 15.4. The number of unbranched alkanes of at least 4 members (excludes halogenated alkanes) is 1. The number of hydrogen-bond donors (Lipinski definition) is 1. The van der Waals surface area contributed by atoms with Crippen molar-refractivity contribution in [2.45, 2.75) is 67.2 Å². The molecule has 0 aliphatic heterocycles. The molecule has 0 aliphatic carbocycles. The van der Waals surface area contributed by atoms with Crippen LogP contribution in [0.15, 0.2) is 18.2 Å². The second kappa shape index (κ2) is 11.4. The second-order valence-electron chi connectivity index (χ2n) is 6.35. The third kappa shape index (κ3) is 7.74. The normalized spacial score (nSPS) is 13.0. The van der Waals surface area contributed by atoms with E-state index in [4.69, 9.17) is 5.73 Å². The van der Waals surface area contributed by atoms with Gasteiger partial charge in [0.05, 0.1) is 6.54 Å². The molecule has 1 aromatic carbocycles. The van der Waals surface area contributed by atoms with Crippen molar-refractivity contribution in [2.75, 3.05) is 6.54 Å². The van der Waals surface area contributed by atoms with Crippen LogP contribution in [0.5, 0.6) is 0 Å². The minimum absolute atomic E-state index is 0.140. The van der Waals surface area contributed by atoms with Gasteiger partial charge in [0.15, 0.2) is 0 Å². The van der Waals surface area contributed by atoms with Crippen LogP contribution in [0.25, 0.3) is 0 Å². The molecule has 2 nitrogen and oxygen atoms in total. The van der Waals surface area contributed by atoms with Crippen molar-refractivity contribution in [2.24, 2.45) is 17.6 Å². The second-order valence-corrected chi connectivity index (χ2v) is 6.35. The van der Waals surface area contributed by atoms with Crippen molar-refractivity contribution in [3.8, 4) is 0 Å². The van der Waals surface area contributed by atoms with Crippen LogP contribution >= 0.6 is 0 Å². The molecule has 126 valence electrons. The molecule has 22 heavy (non-hydrogen) atoms. The van der Waals surface area contributed by atoms with Gasteiger partial charge in [-0.3, -0.25) is 4.79 Å². The third-order valence-electron chi connectivity index (χ3n) is 4.56. The molecule has 2 unspecified atom stereocenters. The first-order chi connectivity index (χ1) is 10.4. The summed E-state index contributed by atoms with van der Waals surface area (Å²) in [6.45, 7) is 13.0. The highest BCUT2D eigenvalue weighted by Gasteiger charge is 2.17. The predicted octanol–water partition coefficient (Wildman–Crippen LogP) is 4.84. The van der Waals surface area contributed by atoms with E-state index in [1.807, 2.05) is 6.92 Å². The SMILES string of the molecule is CCCCC(C)C(C)C(=O)CN.CCc1ccc(C)c(C)c1. The number of nitrogens with two attached hydrogens (primary N) is 1. The lowest BCUT2D eigenvalue weighted by Gasteiger charge is -2.17. The Morgan fingerprint density at radius 2 is 1.77 bits per heavy atom. The summed E-state index contributed by atoms with van der Waals surface area (Å²) >= 11 is 0. The lowest BCUT2D eigenvalue weighted by Crippen LogP contribution is -2.25. The molecular weight excluding hydrogens is 270 g/mol. The maximum atomic E-state index is 11.2. The van der Waals surface area contributed by atoms with Crippen LogP contribution in [-0.2, 0) is 11.2 Å². The van der Waals surface area contributed by atoms with E-state index in [1.54, 1.807) is 0 Å². The van der Waals surface area contributed by atoms with Crippen molar-refractivity contribution < 1.29 is 4.79 Å². The Bertz CT molecular complexity index is 439. The Labute approximate surface area is 137 Å². The fourth-order valence-electron chi connectivity index (χ4n) is 2.30. The van der Waals surface area contributed by atoms with E-state index >= 15 is 0 Å². The van der Waals surface area contributed by atoms with E-state index in [0.717, 1.165) is 12.8 Å². The fraction of sp³-hybridized carbons (Fsp3) is 0.650. The van der Waals surface area contributed by atoms with Crippen LogP contribution in [0.4, 0.5) is 0 Å². The van der Waals surface area contributed by atoms with E-state index in [1.165, 1.54) is 29.5 Å². The van der Waals surface area contributed by atoms with Gasteiger partial charge in [0, 0.05) is 5.92 Å². The van der Waals surface area contributed by atoms with Crippen LogP contribution in [-0.4, -0.2) is 12.3 Å². The minimum atomic E-state index is 0.140. The Morgan fingerprint density at radius 1 is 1.14 bits per heavy atom. The van der Waals surface area contributed by atoms with Crippen LogP contribution in [0.3, 0.4) is 0 Å². The maximum absolute atomic E-state index is 11.2. The van der Waals surface area contributed by atoms with Gasteiger partial charge in [-0.05, 0) is 42.9 Å². The summed E-state index contributed by atoms with van der Waals surface area (Å²) in [5, 5.41) is 0. The van der Waals surface area contributed by atoms with Gasteiger partial charge in [-0.15, -0.1) is 0 Å². The molecule has 0 fully saturated rings. The van der Waals surface area contributed by atoms with Crippen LogP contribution < -0.4 is 5.73 Å². The van der Waals surface area contributed by atoms with Gasteiger partial charge >= 0.3 is 0 Å². The van der Waals surface area contributed by atoms with E-state index in [2.05, 4.69) is 52.8 Å². The van der Waals surface area contributed by atoms with Gasteiger partial charge in [0.25, 0.3) is 0 Å². The Balaban J connectivity index is 0.000000406. The number of carbonyl (C=O) groups is 1. The number of carbonyl (C=O) groups excluding carboxylic acids is 1. The highest BCUT2D eigenvalue weighted by atomic mass is 16.1. The predicted molar refractivity (Wildman–Crippen MR) is 97.2 cm³/mol. The summed E-state index contributed by atoms with van der Waals surface area (Å²) in [6, 6.07) is 6.64. The standard InChI is InChI=1S/C10H21NO.C10H14/c1-4-5-6-8(2)9(3)10(12)7-11;1-4-10-6-5-8(2)9(3)7-10/h8-9H,4-7,11H2,1-3H3;5-7H,4H2,1-3H3. The average Bonchev–Trinajstić information content (AvgIpc) is 2.54. The molecule has 0 aliphatic rings. The third-order valence-corrected chi connectivity index (χ3v) is 4.56. The first-order valence-corrected chi connectivity index (χ1v) is 8.66. The van der Waals surface area contributed by atoms with Crippen LogP contribution in [0.2, 0.25) is 0 Å². The molecule has 2 atom stereocenters. The number of hydrogen-bond acceptors (Lipinski definition) is 2. The zero-order chi connectivity index (χ0) is 17.1. The molecule has 0 radical (unpaired) electrons. The highest BCUT2D eigenvalue weighted by Crippen LogP contribution is 2.18. The van der Waals surface area contributed by atoms with Crippen molar-refractivity contribution in [1.82, 2.24) is 0 Å². The molecule has 0 aromatic heterocycles. The smallest absolute Gasteiger partial charge is 0.149 e. The van der Waals surface area contributed by atoms with Crippen molar-refractivity contribution in [3.63, 3.8) is 0 Å². The molecule has 1 aromatic rings. The molecule has 2 heteroatoms. The van der Waals surface area contributed by atoms with Gasteiger partial charge in [-0.25, -0.2) is 0 Å². The zero-order valence-corrected chi connectivity index (χ0v) is 15.4. The monoisotopic (exact) mass is 305 g/mol. The van der Waals surface area contributed by atoms with Crippen molar-refractivity contribution >= 4 is 5.78 Å². The molecule has 0 saturated carbocycles. The average molecular weight is 306 g/mol. The highest BCUT2D eigenvalue weighted by molar-refractivity contribution is 5.82. The molecule has 0 bridgehead atoms. The molecule has 0 saturated heterocycles. The molecule has 0 heterocycles. The van der Waals surface area contributed by atoms with Gasteiger partial charge in [-0.2, -0.15) is 0 Å². The molecule has 1 rings (SSSR count). The molecule has 0 spiro atoms. The summed E-state index contributed by atoms with van der Waals surface area (Å²) in [4.78, 5) is 11.2. The fourth-order valence-corrected chi connectivity index (χ4v) is 2.30. The number of ketones is 1. The first-order valence-electron chi connectivity index (χ1n) is 8.66. The van der Waals surface area contributed by atoms with Crippen LogP contribution in [0.1, 0.15) is 63.6 Å². The number of aryl methyl sites for hydroxylation is 3. The minimum Gasteiger partial charge on any atom is -0.324 e. The van der Waals surface area contributed by atoms with Gasteiger partial charge < -0.3 is 5.73 Å². The van der Waals surface area contributed by atoms with Crippen molar-refractivity contribution in [1.29, 1.82) is 0 Å². The largest absolute Gasteiger partial charge is 0.324 e. The Kier molecular flexibility index (Phi) is 10.8. The van der Waals surface area contributed by atoms with Gasteiger partial charge in [-0.1, -0.05) is 65.2 Å². The summed E-state index contributed by atoms with van der Waals surface area (Å²) < 4.78 is 0. The van der Waals surface area contributed by atoms with Gasteiger partial charge in [0.2, 0.25) is 0 Å². The van der Waals surface area contributed by atoms with E-state index in [0.29, 0.717) is 5.92 Å². The number of rotatable bonds is 7. The maximum Gasteiger partial charge on any atom is 0.149 e. The molecule has 2 N–H and O–H groups in total. The summed E-state index contributed by atoms with van der Waals surface area (Å²) in [5.41, 5.74) is 9.51. The molecular formula is C20H35NO.